The lowest BCUT2D eigenvalue weighted by molar-refractivity contribution is 0.0864. The molecule has 0 radical (unpaired) electrons. The van der Waals surface area contributed by atoms with Crippen molar-refractivity contribution in [2.75, 3.05) is 0 Å². The van der Waals surface area contributed by atoms with Gasteiger partial charge in [-0.25, -0.2) is 4.39 Å². The highest BCUT2D eigenvalue weighted by molar-refractivity contribution is 9.10. The molecular weight excluding hydrogens is 283 g/mol. The Morgan fingerprint density at radius 1 is 1.41 bits per heavy atom. The summed E-state index contributed by atoms with van der Waals surface area (Å²) in [6.45, 7) is 2.16. The monoisotopic (exact) mass is 298 g/mol. The zero-order chi connectivity index (χ0) is 12.4. The van der Waals surface area contributed by atoms with Crippen molar-refractivity contribution in [1.29, 1.82) is 0 Å². The first-order valence-electron chi connectivity index (χ1n) is 6.07. The number of Topliss-reactive ketones (excluding diaryl/α,β-unsaturated/α-hetero) is 1. The second kappa shape index (κ2) is 5.30. The van der Waals surface area contributed by atoms with Gasteiger partial charge in [-0.1, -0.05) is 35.7 Å². The minimum atomic E-state index is -0.414. The van der Waals surface area contributed by atoms with E-state index in [4.69, 9.17) is 0 Å². The van der Waals surface area contributed by atoms with E-state index in [0.717, 1.165) is 19.3 Å². The second-order valence-electron chi connectivity index (χ2n) is 4.96. The lowest BCUT2D eigenvalue weighted by atomic mass is 9.79. The summed E-state index contributed by atoms with van der Waals surface area (Å²) in [6, 6.07) is 4.67. The first-order chi connectivity index (χ1) is 8.08. The highest BCUT2D eigenvalue weighted by Crippen LogP contribution is 2.31. The van der Waals surface area contributed by atoms with E-state index in [0.29, 0.717) is 10.4 Å². The van der Waals surface area contributed by atoms with Crippen molar-refractivity contribution in [3.8, 4) is 0 Å². The molecule has 0 aliphatic heterocycles. The van der Waals surface area contributed by atoms with Crippen LogP contribution >= 0.6 is 15.9 Å². The van der Waals surface area contributed by atoms with Gasteiger partial charge in [-0.05, 0) is 37.0 Å². The van der Waals surface area contributed by atoms with Crippen LogP contribution in [-0.2, 0) is 0 Å². The fourth-order valence-electron chi connectivity index (χ4n) is 2.58. The van der Waals surface area contributed by atoms with Crippen LogP contribution in [0.4, 0.5) is 4.39 Å². The Kier molecular flexibility index (Phi) is 3.97. The van der Waals surface area contributed by atoms with Crippen LogP contribution in [0.1, 0.15) is 43.0 Å². The average Bonchev–Trinajstić information content (AvgIpc) is 2.28. The molecule has 0 amide bonds. The number of carbonyl (C=O) groups excluding carboxylic acids is 1. The number of hydrogen-bond donors (Lipinski definition) is 0. The Balaban J connectivity index is 2.18. The van der Waals surface area contributed by atoms with Gasteiger partial charge in [0.05, 0.1) is 5.56 Å². The molecule has 0 aromatic heterocycles. The normalized spacial score (nSPS) is 24.6. The molecule has 0 spiro atoms. The van der Waals surface area contributed by atoms with Crippen molar-refractivity contribution in [3.05, 3.63) is 34.1 Å². The fourth-order valence-corrected chi connectivity index (χ4v) is 2.91. The maximum absolute atomic E-state index is 13.7. The van der Waals surface area contributed by atoms with E-state index in [1.54, 1.807) is 12.1 Å². The van der Waals surface area contributed by atoms with Gasteiger partial charge in [0.1, 0.15) is 5.82 Å². The molecule has 1 saturated carbocycles. The van der Waals surface area contributed by atoms with Crippen molar-refractivity contribution in [1.82, 2.24) is 0 Å². The van der Waals surface area contributed by atoms with E-state index < -0.39 is 5.82 Å². The van der Waals surface area contributed by atoms with Crippen molar-refractivity contribution >= 4 is 21.7 Å². The topological polar surface area (TPSA) is 17.1 Å². The lowest BCUT2D eigenvalue weighted by Gasteiger charge is -2.25. The van der Waals surface area contributed by atoms with Crippen molar-refractivity contribution in [3.63, 3.8) is 0 Å². The van der Waals surface area contributed by atoms with E-state index in [1.165, 1.54) is 12.5 Å². The first kappa shape index (κ1) is 12.7. The zero-order valence-corrected chi connectivity index (χ0v) is 11.5. The minimum absolute atomic E-state index is 0.00873. The Labute approximate surface area is 110 Å². The lowest BCUT2D eigenvalue weighted by Crippen LogP contribution is -2.22. The van der Waals surface area contributed by atoms with E-state index in [9.17, 15) is 9.18 Å². The van der Waals surface area contributed by atoms with Gasteiger partial charge in [-0.2, -0.15) is 0 Å². The molecule has 17 heavy (non-hydrogen) atoms. The van der Waals surface area contributed by atoms with Crippen molar-refractivity contribution in [2.45, 2.75) is 32.6 Å². The van der Waals surface area contributed by atoms with Gasteiger partial charge in [0.2, 0.25) is 0 Å². The Morgan fingerprint density at radius 3 is 2.82 bits per heavy atom. The first-order valence-corrected chi connectivity index (χ1v) is 6.86. The molecule has 1 fully saturated rings. The molecule has 1 aliphatic carbocycles. The largest absolute Gasteiger partial charge is 0.294 e. The molecular formula is C14H16BrFO. The number of hydrogen-bond acceptors (Lipinski definition) is 1. The summed E-state index contributed by atoms with van der Waals surface area (Å²) in [5.41, 5.74) is 0.243. The molecule has 1 aliphatic rings. The van der Waals surface area contributed by atoms with Crippen LogP contribution in [0.3, 0.4) is 0 Å². The van der Waals surface area contributed by atoms with Gasteiger partial charge < -0.3 is 0 Å². The maximum atomic E-state index is 13.7. The summed E-state index contributed by atoms with van der Waals surface area (Å²) in [7, 11) is 0. The summed E-state index contributed by atoms with van der Waals surface area (Å²) in [4.78, 5) is 12.2. The van der Waals surface area contributed by atoms with Gasteiger partial charge in [0.15, 0.2) is 5.78 Å². The van der Waals surface area contributed by atoms with E-state index >= 15 is 0 Å². The fraction of sp³-hybridized carbons (Fsp3) is 0.500. The zero-order valence-electron chi connectivity index (χ0n) is 9.88. The number of carbonyl (C=O) groups is 1. The molecule has 1 aromatic carbocycles. The summed E-state index contributed by atoms with van der Waals surface area (Å²) in [5, 5.41) is 0. The number of halogens is 2. The van der Waals surface area contributed by atoms with Crippen molar-refractivity contribution < 1.29 is 9.18 Å². The molecule has 1 nitrogen and oxygen atoms in total. The number of ketones is 1. The third-order valence-corrected chi connectivity index (χ3v) is 4.00. The second-order valence-corrected chi connectivity index (χ2v) is 5.87. The third kappa shape index (κ3) is 2.95. The SMILES string of the molecule is CC1CCCC(C(=O)c2ccc(Br)cc2F)C1. The molecule has 0 heterocycles. The smallest absolute Gasteiger partial charge is 0.168 e. The third-order valence-electron chi connectivity index (χ3n) is 3.50. The molecule has 3 heteroatoms. The average molecular weight is 299 g/mol. The molecule has 0 bridgehead atoms. The predicted molar refractivity (Wildman–Crippen MR) is 69.6 cm³/mol. The number of rotatable bonds is 2. The summed E-state index contributed by atoms with van der Waals surface area (Å²) in [6.07, 6.45) is 4.06. The summed E-state index contributed by atoms with van der Waals surface area (Å²) < 4.78 is 14.4. The van der Waals surface area contributed by atoms with Gasteiger partial charge in [-0.15, -0.1) is 0 Å². The Bertz CT molecular complexity index is 430. The minimum Gasteiger partial charge on any atom is -0.294 e. The molecule has 1 aromatic rings. The highest BCUT2D eigenvalue weighted by atomic mass is 79.9. The number of benzene rings is 1. The van der Waals surface area contributed by atoms with Crippen LogP contribution in [0, 0.1) is 17.7 Å². The van der Waals surface area contributed by atoms with Crippen LogP contribution in [0.25, 0.3) is 0 Å². The molecule has 2 unspecified atom stereocenters. The predicted octanol–water partition coefficient (Wildman–Crippen LogP) is 4.60. The van der Waals surface area contributed by atoms with E-state index in [2.05, 4.69) is 22.9 Å². The van der Waals surface area contributed by atoms with Crippen LogP contribution in [0.5, 0.6) is 0 Å². The molecule has 0 N–H and O–H groups in total. The van der Waals surface area contributed by atoms with Crippen LogP contribution in [-0.4, -0.2) is 5.78 Å². The van der Waals surface area contributed by atoms with E-state index in [-0.39, 0.29) is 17.3 Å². The quantitative estimate of drug-likeness (QED) is 0.730. The van der Waals surface area contributed by atoms with Crippen LogP contribution in [0.2, 0.25) is 0 Å². The van der Waals surface area contributed by atoms with Crippen LogP contribution in [0.15, 0.2) is 22.7 Å². The highest BCUT2D eigenvalue weighted by Gasteiger charge is 2.27. The van der Waals surface area contributed by atoms with Gasteiger partial charge in [0.25, 0.3) is 0 Å². The van der Waals surface area contributed by atoms with Gasteiger partial charge >= 0.3 is 0 Å². The molecule has 0 saturated heterocycles. The Morgan fingerprint density at radius 2 is 2.18 bits per heavy atom. The standard InChI is InChI=1S/C14H16BrFO/c1-9-3-2-4-10(7-9)14(17)12-6-5-11(15)8-13(12)16/h5-6,8-10H,2-4,7H2,1H3. The molecule has 2 rings (SSSR count). The maximum Gasteiger partial charge on any atom is 0.168 e. The molecule has 2 atom stereocenters. The van der Waals surface area contributed by atoms with Crippen LogP contribution < -0.4 is 0 Å². The van der Waals surface area contributed by atoms with Gasteiger partial charge in [0, 0.05) is 10.4 Å². The summed E-state index contributed by atoms with van der Waals surface area (Å²) in [5.74, 6) is 0.148. The van der Waals surface area contributed by atoms with Gasteiger partial charge in [-0.3, -0.25) is 4.79 Å². The van der Waals surface area contributed by atoms with E-state index in [1.807, 2.05) is 0 Å². The summed E-state index contributed by atoms with van der Waals surface area (Å²) >= 11 is 3.20. The molecule has 92 valence electrons. The Hall–Kier alpha value is -0.700. The van der Waals surface area contributed by atoms with Crippen molar-refractivity contribution in [2.24, 2.45) is 11.8 Å².